The Labute approximate surface area is 109 Å². The van der Waals surface area contributed by atoms with Gasteiger partial charge in [0.25, 0.3) is 0 Å². The average molecular weight is 256 g/mol. The van der Waals surface area contributed by atoms with Crippen molar-refractivity contribution in [3.63, 3.8) is 0 Å². The minimum atomic E-state index is -0.504. The molecule has 1 rings (SSSR count). The van der Waals surface area contributed by atoms with Gasteiger partial charge in [-0.3, -0.25) is 0 Å². The van der Waals surface area contributed by atoms with Crippen molar-refractivity contribution < 1.29 is 14.4 Å². The zero-order valence-electron chi connectivity index (χ0n) is 11.9. The van der Waals surface area contributed by atoms with Crippen LogP contribution in [0.1, 0.15) is 43.8 Å². The lowest BCUT2D eigenvalue weighted by molar-refractivity contribution is 0.00559. The van der Waals surface area contributed by atoms with Gasteiger partial charge in [-0.05, 0) is 34.6 Å². The Kier molecular flexibility index (Phi) is 5.78. The number of aliphatic hydroxyl groups excluding tert-OH is 1. The number of nitrogens with one attached hydrogen (secondary N) is 1. The lowest BCUT2D eigenvalue weighted by atomic mass is 10.1. The number of nitrogens with zero attached hydrogens (tertiary/aromatic N) is 1. The van der Waals surface area contributed by atoms with Crippen LogP contribution in [0.15, 0.2) is 4.52 Å². The van der Waals surface area contributed by atoms with Gasteiger partial charge in [-0.25, -0.2) is 0 Å². The summed E-state index contributed by atoms with van der Waals surface area (Å²) in [6.07, 6.45) is -0.366. The third-order valence-electron chi connectivity index (χ3n) is 2.80. The summed E-state index contributed by atoms with van der Waals surface area (Å²) in [5.41, 5.74) is 1.95. The topological polar surface area (TPSA) is 67.5 Å². The molecule has 5 nitrogen and oxygen atoms in total. The van der Waals surface area contributed by atoms with Crippen molar-refractivity contribution in [3.05, 3.63) is 17.0 Å². The number of aryl methyl sites for hydroxylation is 2. The second-order valence-corrected chi connectivity index (χ2v) is 4.90. The highest BCUT2D eigenvalue weighted by Gasteiger charge is 2.17. The van der Waals surface area contributed by atoms with Gasteiger partial charge >= 0.3 is 0 Å². The first-order valence-corrected chi connectivity index (χ1v) is 6.37. The maximum absolute atomic E-state index is 9.76. The maximum Gasteiger partial charge on any atom is 0.138 e. The van der Waals surface area contributed by atoms with E-state index in [4.69, 9.17) is 9.26 Å². The molecule has 2 N–H and O–H groups in total. The van der Waals surface area contributed by atoms with Crippen molar-refractivity contribution in [3.8, 4) is 0 Å². The van der Waals surface area contributed by atoms with Crippen LogP contribution in [-0.4, -0.2) is 35.6 Å². The Balaban J connectivity index is 2.39. The molecule has 0 fully saturated rings. The van der Waals surface area contributed by atoms with Crippen LogP contribution in [0.4, 0.5) is 0 Å². The van der Waals surface area contributed by atoms with E-state index in [1.165, 1.54) is 0 Å². The highest BCUT2D eigenvalue weighted by molar-refractivity contribution is 5.24. The Morgan fingerprint density at radius 2 is 2.00 bits per heavy atom. The van der Waals surface area contributed by atoms with Gasteiger partial charge in [0.15, 0.2) is 0 Å². The Morgan fingerprint density at radius 1 is 1.33 bits per heavy atom. The fourth-order valence-electron chi connectivity index (χ4n) is 1.89. The van der Waals surface area contributed by atoms with Crippen LogP contribution in [0.3, 0.4) is 0 Å². The minimum absolute atomic E-state index is 0.102. The molecule has 0 aromatic carbocycles. The third-order valence-corrected chi connectivity index (χ3v) is 2.80. The predicted octanol–water partition coefficient (Wildman–Crippen LogP) is 1.73. The van der Waals surface area contributed by atoms with Gasteiger partial charge in [0, 0.05) is 18.2 Å². The average Bonchev–Trinajstić information content (AvgIpc) is 2.63. The SMILES string of the molecule is Cc1noc(C)c1C(C)NCC(O)COC(C)C. The van der Waals surface area contributed by atoms with E-state index in [1.54, 1.807) is 0 Å². The summed E-state index contributed by atoms with van der Waals surface area (Å²) >= 11 is 0. The molecule has 1 aromatic heterocycles. The summed E-state index contributed by atoms with van der Waals surface area (Å²) in [6.45, 7) is 10.6. The zero-order valence-corrected chi connectivity index (χ0v) is 11.9. The monoisotopic (exact) mass is 256 g/mol. The van der Waals surface area contributed by atoms with E-state index in [1.807, 2.05) is 34.6 Å². The summed E-state index contributed by atoms with van der Waals surface area (Å²) < 4.78 is 10.5. The van der Waals surface area contributed by atoms with E-state index in [9.17, 15) is 5.11 Å². The molecule has 1 aromatic rings. The molecule has 2 unspecified atom stereocenters. The fraction of sp³-hybridized carbons (Fsp3) is 0.769. The second-order valence-electron chi connectivity index (χ2n) is 4.90. The zero-order chi connectivity index (χ0) is 13.7. The van der Waals surface area contributed by atoms with Gasteiger partial charge in [-0.1, -0.05) is 5.16 Å². The second kappa shape index (κ2) is 6.87. The van der Waals surface area contributed by atoms with Crippen LogP contribution >= 0.6 is 0 Å². The first-order valence-electron chi connectivity index (χ1n) is 6.37. The summed E-state index contributed by atoms with van der Waals surface area (Å²) in [7, 11) is 0. The molecule has 0 saturated carbocycles. The number of aliphatic hydroxyl groups is 1. The standard InChI is InChI=1S/C13H24N2O3/c1-8(2)17-7-12(16)6-14-9(3)13-10(4)15-18-11(13)5/h8-9,12,14,16H,6-7H2,1-5H3. The van der Waals surface area contributed by atoms with Crippen molar-refractivity contribution in [2.75, 3.05) is 13.2 Å². The van der Waals surface area contributed by atoms with Crippen molar-refractivity contribution in [1.29, 1.82) is 0 Å². The summed E-state index contributed by atoms with van der Waals surface area (Å²) in [6, 6.07) is 0.102. The largest absolute Gasteiger partial charge is 0.389 e. The molecule has 18 heavy (non-hydrogen) atoms. The van der Waals surface area contributed by atoms with E-state index >= 15 is 0 Å². The lowest BCUT2D eigenvalue weighted by Gasteiger charge is -2.18. The Bertz CT molecular complexity index is 344. The molecule has 1 heterocycles. The van der Waals surface area contributed by atoms with E-state index in [2.05, 4.69) is 10.5 Å². The van der Waals surface area contributed by atoms with Crippen molar-refractivity contribution in [2.45, 2.75) is 52.9 Å². The predicted molar refractivity (Wildman–Crippen MR) is 69.5 cm³/mol. The molecule has 0 aliphatic rings. The summed E-state index contributed by atoms with van der Waals surface area (Å²) in [5.74, 6) is 0.820. The van der Waals surface area contributed by atoms with Crippen LogP contribution in [0.5, 0.6) is 0 Å². The normalized spacial score (nSPS) is 15.1. The molecule has 0 aliphatic carbocycles. The molecule has 0 saturated heterocycles. The number of ether oxygens (including phenoxy) is 1. The lowest BCUT2D eigenvalue weighted by Crippen LogP contribution is -2.33. The quantitative estimate of drug-likeness (QED) is 0.777. The third kappa shape index (κ3) is 4.40. The van der Waals surface area contributed by atoms with Gasteiger partial charge in [-0.2, -0.15) is 0 Å². The van der Waals surface area contributed by atoms with Crippen molar-refractivity contribution in [2.24, 2.45) is 0 Å². The van der Waals surface area contributed by atoms with Crippen LogP contribution in [0.25, 0.3) is 0 Å². The van der Waals surface area contributed by atoms with E-state index in [-0.39, 0.29) is 12.1 Å². The minimum Gasteiger partial charge on any atom is -0.389 e. The van der Waals surface area contributed by atoms with Crippen LogP contribution in [0, 0.1) is 13.8 Å². The van der Waals surface area contributed by atoms with Crippen LogP contribution < -0.4 is 5.32 Å². The van der Waals surface area contributed by atoms with Crippen LogP contribution in [-0.2, 0) is 4.74 Å². The van der Waals surface area contributed by atoms with Crippen molar-refractivity contribution in [1.82, 2.24) is 10.5 Å². The molecule has 5 heteroatoms. The Hall–Kier alpha value is -0.910. The smallest absolute Gasteiger partial charge is 0.138 e. The highest BCUT2D eigenvalue weighted by atomic mass is 16.5. The first kappa shape index (κ1) is 15.1. The Morgan fingerprint density at radius 3 is 2.50 bits per heavy atom. The molecule has 2 atom stereocenters. The van der Waals surface area contributed by atoms with Crippen molar-refractivity contribution >= 4 is 0 Å². The van der Waals surface area contributed by atoms with E-state index < -0.39 is 6.10 Å². The number of rotatable bonds is 7. The number of aromatic nitrogens is 1. The molecule has 0 spiro atoms. The molecule has 104 valence electrons. The van der Waals surface area contributed by atoms with Gasteiger partial charge in [-0.15, -0.1) is 0 Å². The van der Waals surface area contributed by atoms with Crippen LogP contribution in [0.2, 0.25) is 0 Å². The molecular weight excluding hydrogens is 232 g/mol. The summed E-state index contributed by atoms with van der Waals surface area (Å²) in [4.78, 5) is 0. The molecule has 0 aliphatic heterocycles. The summed E-state index contributed by atoms with van der Waals surface area (Å²) in [5, 5.41) is 16.9. The highest BCUT2D eigenvalue weighted by Crippen LogP contribution is 2.20. The molecule has 0 amide bonds. The molecular formula is C13H24N2O3. The van der Waals surface area contributed by atoms with E-state index in [0.29, 0.717) is 13.2 Å². The van der Waals surface area contributed by atoms with E-state index in [0.717, 1.165) is 17.0 Å². The fourth-order valence-corrected chi connectivity index (χ4v) is 1.89. The van der Waals surface area contributed by atoms with Gasteiger partial charge in [0.1, 0.15) is 5.76 Å². The number of hydrogen-bond donors (Lipinski definition) is 2. The molecule has 0 radical (unpaired) electrons. The van der Waals surface area contributed by atoms with Gasteiger partial charge in [0.05, 0.1) is 24.5 Å². The molecule has 0 bridgehead atoms. The maximum atomic E-state index is 9.76. The first-order chi connectivity index (χ1) is 8.41. The number of hydrogen-bond acceptors (Lipinski definition) is 5. The van der Waals surface area contributed by atoms with Gasteiger partial charge < -0.3 is 19.7 Å². The van der Waals surface area contributed by atoms with Gasteiger partial charge in [0.2, 0.25) is 0 Å².